The number of hydrogen-bond donors (Lipinski definition) is 0. The molecule has 2 aromatic rings. The van der Waals surface area contributed by atoms with E-state index in [-0.39, 0.29) is 5.91 Å². The van der Waals surface area contributed by atoms with E-state index in [1.165, 1.54) is 11.8 Å². The second-order valence-electron chi connectivity index (χ2n) is 5.56. The Balaban J connectivity index is 2.01. The van der Waals surface area contributed by atoms with Gasteiger partial charge in [-0.3, -0.25) is 4.79 Å². The zero-order chi connectivity index (χ0) is 18.2. The van der Waals surface area contributed by atoms with Crippen molar-refractivity contribution in [3.8, 4) is 11.5 Å². The number of rotatable bonds is 7. The van der Waals surface area contributed by atoms with E-state index in [2.05, 4.69) is 0 Å². The van der Waals surface area contributed by atoms with Crippen molar-refractivity contribution in [2.24, 2.45) is 0 Å². The van der Waals surface area contributed by atoms with Crippen LogP contribution in [0.4, 0.5) is 0 Å². The molecule has 0 aliphatic rings. The first-order valence-electron chi connectivity index (χ1n) is 7.90. The number of nitrogens with zero attached hydrogens (tertiary/aromatic N) is 1. The highest BCUT2D eigenvalue weighted by Crippen LogP contribution is 2.30. The number of thioether (sulfide) groups is 1. The number of methoxy groups -OCH3 is 2. The Morgan fingerprint density at radius 1 is 1.12 bits per heavy atom. The Morgan fingerprint density at radius 2 is 1.76 bits per heavy atom. The maximum Gasteiger partial charge on any atom is 0.247 e. The standard InChI is InChI=1S/C20H23NO3S/c1-15-12-18(23-3)19(24-4)13-16(15)14-21(2)20(22)10-11-25-17-8-6-5-7-9-17/h5-13H,14H2,1-4H3/b11-10+. The third-order valence-electron chi connectivity index (χ3n) is 3.78. The Morgan fingerprint density at radius 3 is 2.40 bits per heavy atom. The fraction of sp³-hybridized carbons (Fsp3) is 0.250. The highest BCUT2D eigenvalue weighted by atomic mass is 32.2. The number of aryl methyl sites for hydroxylation is 1. The lowest BCUT2D eigenvalue weighted by atomic mass is 10.1. The molecule has 0 aromatic heterocycles. The van der Waals surface area contributed by atoms with Gasteiger partial charge in [0.2, 0.25) is 5.91 Å². The molecule has 0 aliphatic carbocycles. The maximum atomic E-state index is 12.3. The molecule has 2 aromatic carbocycles. The molecule has 0 unspecified atom stereocenters. The molecule has 0 N–H and O–H groups in total. The summed E-state index contributed by atoms with van der Waals surface area (Å²) >= 11 is 1.52. The van der Waals surface area contributed by atoms with Gasteiger partial charge >= 0.3 is 0 Å². The van der Waals surface area contributed by atoms with Gasteiger partial charge in [0, 0.05) is 24.6 Å². The summed E-state index contributed by atoms with van der Waals surface area (Å²) in [4.78, 5) is 15.1. The van der Waals surface area contributed by atoms with Crippen LogP contribution in [0.3, 0.4) is 0 Å². The third kappa shape index (κ3) is 5.29. The van der Waals surface area contributed by atoms with Crippen LogP contribution in [0.5, 0.6) is 11.5 Å². The Hall–Kier alpha value is -2.40. The van der Waals surface area contributed by atoms with Gasteiger partial charge in [-0.05, 0) is 47.7 Å². The van der Waals surface area contributed by atoms with Crippen LogP contribution in [0.25, 0.3) is 0 Å². The Kier molecular flexibility index (Phi) is 6.95. The zero-order valence-electron chi connectivity index (χ0n) is 15.0. The third-order valence-corrected chi connectivity index (χ3v) is 4.60. The molecule has 0 radical (unpaired) electrons. The lowest BCUT2D eigenvalue weighted by Crippen LogP contribution is -2.24. The second kappa shape index (κ2) is 9.18. The van der Waals surface area contributed by atoms with E-state index in [9.17, 15) is 4.79 Å². The van der Waals surface area contributed by atoms with E-state index in [0.29, 0.717) is 18.0 Å². The monoisotopic (exact) mass is 357 g/mol. The molecule has 5 heteroatoms. The van der Waals surface area contributed by atoms with E-state index in [4.69, 9.17) is 9.47 Å². The molecule has 0 saturated carbocycles. The maximum absolute atomic E-state index is 12.3. The topological polar surface area (TPSA) is 38.8 Å². The number of ether oxygens (including phenoxy) is 2. The van der Waals surface area contributed by atoms with Crippen molar-refractivity contribution in [2.45, 2.75) is 18.4 Å². The van der Waals surface area contributed by atoms with Gasteiger partial charge in [-0.15, -0.1) is 0 Å². The van der Waals surface area contributed by atoms with Gasteiger partial charge in [-0.25, -0.2) is 0 Å². The van der Waals surface area contributed by atoms with Crippen molar-refractivity contribution < 1.29 is 14.3 Å². The van der Waals surface area contributed by atoms with Crippen molar-refractivity contribution >= 4 is 17.7 Å². The quantitative estimate of drug-likeness (QED) is 0.548. The number of carbonyl (C=O) groups is 1. The first-order valence-corrected chi connectivity index (χ1v) is 8.78. The highest BCUT2D eigenvalue weighted by Gasteiger charge is 2.12. The van der Waals surface area contributed by atoms with Gasteiger partial charge in [0.25, 0.3) is 0 Å². The fourth-order valence-electron chi connectivity index (χ4n) is 2.32. The van der Waals surface area contributed by atoms with E-state index < -0.39 is 0 Å². The SMILES string of the molecule is COc1cc(C)c(CN(C)C(=O)/C=C/Sc2ccccc2)cc1OC. The number of hydrogen-bond acceptors (Lipinski definition) is 4. The van der Waals surface area contributed by atoms with Crippen molar-refractivity contribution in [1.29, 1.82) is 0 Å². The van der Waals surface area contributed by atoms with Crippen LogP contribution in [-0.2, 0) is 11.3 Å². The van der Waals surface area contributed by atoms with Crippen molar-refractivity contribution in [2.75, 3.05) is 21.3 Å². The van der Waals surface area contributed by atoms with E-state index in [1.807, 2.05) is 54.8 Å². The number of benzene rings is 2. The summed E-state index contributed by atoms with van der Waals surface area (Å²) in [5.74, 6) is 1.31. The molecule has 0 spiro atoms. The second-order valence-corrected chi connectivity index (χ2v) is 6.54. The van der Waals surface area contributed by atoms with Gasteiger partial charge in [0.1, 0.15) is 0 Å². The molecule has 25 heavy (non-hydrogen) atoms. The summed E-state index contributed by atoms with van der Waals surface area (Å²) in [6.45, 7) is 2.50. The molecule has 1 amide bonds. The van der Waals surface area contributed by atoms with Gasteiger partial charge in [-0.2, -0.15) is 0 Å². The largest absolute Gasteiger partial charge is 0.493 e. The number of carbonyl (C=O) groups excluding carboxylic acids is 1. The molecule has 2 rings (SSSR count). The summed E-state index contributed by atoms with van der Waals surface area (Å²) in [6, 6.07) is 13.8. The number of amides is 1. The van der Waals surface area contributed by atoms with Crippen LogP contribution in [-0.4, -0.2) is 32.1 Å². The molecule has 0 bridgehead atoms. The van der Waals surface area contributed by atoms with Crippen LogP contribution in [0.2, 0.25) is 0 Å². The average Bonchev–Trinajstić information content (AvgIpc) is 2.63. The molecule has 132 valence electrons. The predicted octanol–water partition coefficient (Wildman–Crippen LogP) is 4.28. The van der Waals surface area contributed by atoms with Crippen molar-refractivity contribution in [3.05, 3.63) is 65.1 Å². The molecule has 0 aliphatic heterocycles. The minimum absolute atomic E-state index is 0.0439. The summed E-state index contributed by atoms with van der Waals surface area (Å²) in [7, 11) is 5.01. The molecular formula is C20H23NO3S. The average molecular weight is 357 g/mol. The minimum atomic E-state index is -0.0439. The van der Waals surface area contributed by atoms with E-state index >= 15 is 0 Å². The number of likely N-dealkylation sites (N-methyl/N-ethyl adjacent to an activating group) is 1. The smallest absolute Gasteiger partial charge is 0.247 e. The van der Waals surface area contributed by atoms with E-state index in [0.717, 1.165) is 16.0 Å². The van der Waals surface area contributed by atoms with E-state index in [1.54, 1.807) is 32.2 Å². The van der Waals surface area contributed by atoms with Gasteiger partial charge in [0.05, 0.1) is 14.2 Å². The molecule has 0 fully saturated rings. The lowest BCUT2D eigenvalue weighted by Gasteiger charge is -2.18. The summed E-state index contributed by atoms with van der Waals surface area (Å²) in [6.07, 6.45) is 1.59. The van der Waals surface area contributed by atoms with Gasteiger partial charge < -0.3 is 14.4 Å². The van der Waals surface area contributed by atoms with Crippen molar-refractivity contribution in [3.63, 3.8) is 0 Å². The normalized spacial score (nSPS) is 10.7. The van der Waals surface area contributed by atoms with Crippen LogP contribution >= 0.6 is 11.8 Å². The Bertz CT molecular complexity index is 744. The summed E-state index contributed by atoms with van der Waals surface area (Å²) < 4.78 is 10.6. The zero-order valence-corrected chi connectivity index (χ0v) is 15.8. The van der Waals surface area contributed by atoms with Gasteiger partial charge in [-0.1, -0.05) is 30.0 Å². The summed E-state index contributed by atoms with van der Waals surface area (Å²) in [5, 5.41) is 1.82. The Labute approximate surface area is 153 Å². The van der Waals surface area contributed by atoms with Crippen LogP contribution in [0.15, 0.2) is 58.8 Å². The molecule has 0 saturated heterocycles. The van der Waals surface area contributed by atoms with Gasteiger partial charge in [0.15, 0.2) is 11.5 Å². The van der Waals surface area contributed by atoms with Crippen LogP contribution in [0.1, 0.15) is 11.1 Å². The minimum Gasteiger partial charge on any atom is -0.493 e. The lowest BCUT2D eigenvalue weighted by molar-refractivity contribution is -0.125. The fourth-order valence-corrected chi connectivity index (χ4v) is 2.98. The van der Waals surface area contributed by atoms with Crippen LogP contribution < -0.4 is 9.47 Å². The molecule has 4 nitrogen and oxygen atoms in total. The highest BCUT2D eigenvalue weighted by molar-refractivity contribution is 8.02. The summed E-state index contributed by atoms with van der Waals surface area (Å²) in [5.41, 5.74) is 2.08. The predicted molar refractivity (Wildman–Crippen MR) is 102 cm³/mol. The van der Waals surface area contributed by atoms with Crippen molar-refractivity contribution in [1.82, 2.24) is 4.90 Å². The van der Waals surface area contributed by atoms with Crippen LogP contribution in [0, 0.1) is 6.92 Å². The first kappa shape index (κ1) is 18.9. The molecule has 0 atom stereocenters. The molecular weight excluding hydrogens is 334 g/mol. The molecule has 0 heterocycles. The first-order chi connectivity index (χ1) is 12.0.